The first-order valence-electron chi connectivity index (χ1n) is 14.5. The van der Waals surface area contributed by atoms with E-state index in [4.69, 9.17) is 65.4 Å². The van der Waals surface area contributed by atoms with E-state index in [0.29, 0.717) is 53.3 Å². The second kappa shape index (κ2) is 14.7. The van der Waals surface area contributed by atoms with Crippen LogP contribution in [0, 0.1) is 0 Å². The second-order valence-corrected chi connectivity index (χ2v) is 13.4. The minimum Gasteiger partial charge on any atom is -0.493 e. The number of carbonyl (C=O) groups is 1. The number of halogens is 4. The van der Waals surface area contributed by atoms with Gasteiger partial charge >= 0.3 is 5.97 Å². The molecule has 0 spiro atoms. The summed E-state index contributed by atoms with van der Waals surface area (Å²) in [6.07, 6.45) is 1.58. The average molecular weight is 737 g/mol. The molecule has 5 rings (SSSR count). The van der Waals surface area contributed by atoms with Gasteiger partial charge in [-0.15, -0.1) is 0 Å². The number of hydrogen-bond acceptors (Lipinski definition) is 8. The fourth-order valence-corrected chi connectivity index (χ4v) is 7.18. The Kier molecular flexibility index (Phi) is 10.9. The number of ether oxygens (including phenoxy) is 4. The molecule has 0 saturated heterocycles. The van der Waals surface area contributed by atoms with Crippen molar-refractivity contribution in [1.82, 2.24) is 4.57 Å². The van der Waals surface area contributed by atoms with Crippen LogP contribution >= 0.6 is 57.7 Å². The van der Waals surface area contributed by atoms with Gasteiger partial charge in [-0.05, 0) is 81.3 Å². The van der Waals surface area contributed by atoms with Crippen molar-refractivity contribution < 1.29 is 23.7 Å². The molecule has 1 atom stereocenters. The number of nitrogens with zero attached hydrogens (tertiary/aromatic N) is 2. The van der Waals surface area contributed by atoms with E-state index in [0.717, 1.165) is 0 Å². The van der Waals surface area contributed by atoms with Crippen LogP contribution in [-0.2, 0) is 16.1 Å². The molecular formula is C34H30Cl4N2O6S. The van der Waals surface area contributed by atoms with Crippen molar-refractivity contribution >= 4 is 69.8 Å². The number of benzene rings is 3. The molecule has 4 aromatic rings. The zero-order valence-corrected chi connectivity index (χ0v) is 29.9. The summed E-state index contributed by atoms with van der Waals surface area (Å²) >= 11 is 26.6. The normalized spacial score (nSPS) is 14.6. The SMILES string of the molecule is CCOC(=O)C1=C(C)N=c2s/c(=C\c3cc(Cl)c(OCc4ccc(Cl)cc4Cl)c(Cl)c3)c(=O)n2[C@@H]1c1ccc(OC(C)C)c(OC)c1. The first-order chi connectivity index (χ1) is 22.4. The standard InChI is InChI=1S/C34H30Cl4N2O6S/c1-6-44-33(42)29-18(4)39-34-40(30(29)20-8-10-26(46-17(2)3)27(14-20)43-5)32(41)28(47-34)13-19-11-24(37)31(25(38)12-19)45-16-21-7-9-22(35)15-23(21)36/h7-15,17,30H,6,16H2,1-5H3/b28-13-/t30-/m1/s1. The van der Waals surface area contributed by atoms with Crippen molar-refractivity contribution in [1.29, 1.82) is 0 Å². The highest BCUT2D eigenvalue weighted by atomic mass is 35.5. The largest absolute Gasteiger partial charge is 0.493 e. The third kappa shape index (κ3) is 7.50. The molecule has 0 radical (unpaired) electrons. The maximum atomic E-state index is 14.1. The topological polar surface area (TPSA) is 88.4 Å². The fraction of sp³-hybridized carbons (Fsp3) is 0.265. The second-order valence-electron chi connectivity index (χ2n) is 10.7. The van der Waals surface area contributed by atoms with Crippen LogP contribution in [0.4, 0.5) is 0 Å². The van der Waals surface area contributed by atoms with Gasteiger partial charge in [0.25, 0.3) is 5.56 Å². The molecule has 0 amide bonds. The highest BCUT2D eigenvalue weighted by Crippen LogP contribution is 2.38. The number of allylic oxidation sites excluding steroid dienone is 1. The predicted molar refractivity (Wildman–Crippen MR) is 186 cm³/mol. The Balaban J connectivity index is 1.57. The maximum absolute atomic E-state index is 14.1. The van der Waals surface area contributed by atoms with Gasteiger partial charge in [-0.2, -0.15) is 0 Å². The van der Waals surface area contributed by atoms with Crippen molar-refractivity contribution in [2.24, 2.45) is 4.99 Å². The zero-order valence-electron chi connectivity index (χ0n) is 26.0. The number of esters is 1. The lowest BCUT2D eigenvalue weighted by atomic mass is 9.95. The zero-order chi connectivity index (χ0) is 34.0. The molecule has 1 aliphatic heterocycles. The van der Waals surface area contributed by atoms with Gasteiger partial charge in [-0.1, -0.05) is 69.9 Å². The minimum atomic E-state index is -0.836. The van der Waals surface area contributed by atoms with Crippen molar-refractivity contribution in [3.05, 3.63) is 116 Å². The van der Waals surface area contributed by atoms with Gasteiger partial charge in [-0.3, -0.25) is 9.36 Å². The van der Waals surface area contributed by atoms with Gasteiger partial charge in [0.05, 0.1) is 51.7 Å². The molecule has 0 N–H and O–H groups in total. The number of methoxy groups -OCH3 is 1. The van der Waals surface area contributed by atoms with Gasteiger partial charge < -0.3 is 18.9 Å². The van der Waals surface area contributed by atoms with Crippen LogP contribution in [0.2, 0.25) is 20.1 Å². The number of carbonyl (C=O) groups excluding carboxylic acids is 1. The molecule has 0 fully saturated rings. The Morgan fingerprint density at radius 3 is 2.38 bits per heavy atom. The third-order valence-electron chi connectivity index (χ3n) is 7.09. The Morgan fingerprint density at radius 2 is 1.74 bits per heavy atom. The first-order valence-corrected chi connectivity index (χ1v) is 16.8. The lowest BCUT2D eigenvalue weighted by Crippen LogP contribution is -2.40. The highest BCUT2D eigenvalue weighted by Gasteiger charge is 2.34. The monoisotopic (exact) mass is 734 g/mol. The third-order valence-corrected chi connectivity index (χ3v) is 9.22. The van der Waals surface area contributed by atoms with E-state index in [1.165, 1.54) is 23.0 Å². The summed E-state index contributed by atoms with van der Waals surface area (Å²) < 4.78 is 24.7. The van der Waals surface area contributed by atoms with Gasteiger partial charge in [0.1, 0.15) is 6.61 Å². The number of fused-ring (bicyclic) bond motifs is 1. The fourth-order valence-electron chi connectivity index (χ4n) is 5.05. The summed E-state index contributed by atoms with van der Waals surface area (Å²) in [5, 5.41) is 1.46. The van der Waals surface area contributed by atoms with Crippen LogP contribution in [0.15, 0.2) is 69.6 Å². The van der Waals surface area contributed by atoms with E-state index >= 15 is 0 Å². The Morgan fingerprint density at radius 1 is 1.02 bits per heavy atom. The van der Waals surface area contributed by atoms with Crippen LogP contribution in [0.25, 0.3) is 6.08 Å². The predicted octanol–water partition coefficient (Wildman–Crippen LogP) is 7.79. The van der Waals surface area contributed by atoms with Gasteiger partial charge in [0.15, 0.2) is 22.0 Å². The summed E-state index contributed by atoms with van der Waals surface area (Å²) in [7, 11) is 1.53. The lowest BCUT2D eigenvalue weighted by molar-refractivity contribution is -0.139. The summed E-state index contributed by atoms with van der Waals surface area (Å²) in [5.74, 6) is 0.700. The Labute approximate surface area is 295 Å². The van der Waals surface area contributed by atoms with Crippen LogP contribution < -0.4 is 29.1 Å². The summed E-state index contributed by atoms with van der Waals surface area (Å²) in [4.78, 5) is 32.4. The molecule has 2 heterocycles. The van der Waals surface area contributed by atoms with E-state index in [2.05, 4.69) is 4.99 Å². The molecule has 246 valence electrons. The summed E-state index contributed by atoms with van der Waals surface area (Å²) in [5.41, 5.74) is 2.22. The molecule has 1 aromatic heterocycles. The molecule has 0 aliphatic carbocycles. The average Bonchev–Trinajstić information content (AvgIpc) is 3.30. The van der Waals surface area contributed by atoms with Crippen LogP contribution in [0.3, 0.4) is 0 Å². The van der Waals surface area contributed by atoms with Crippen molar-refractivity contribution in [2.75, 3.05) is 13.7 Å². The number of rotatable bonds is 10. The minimum absolute atomic E-state index is 0.0886. The van der Waals surface area contributed by atoms with Gasteiger partial charge in [0.2, 0.25) is 0 Å². The van der Waals surface area contributed by atoms with Gasteiger partial charge in [0, 0.05) is 15.6 Å². The van der Waals surface area contributed by atoms with E-state index in [1.807, 2.05) is 13.8 Å². The van der Waals surface area contributed by atoms with E-state index in [1.54, 1.807) is 68.5 Å². The molecule has 8 nitrogen and oxygen atoms in total. The molecule has 3 aromatic carbocycles. The van der Waals surface area contributed by atoms with Crippen molar-refractivity contribution in [2.45, 2.75) is 46.4 Å². The molecule has 0 bridgehead atoms. The molecular weight excluding hydrogens is 706 g/mol. The van der Waals surface area contributed by atoms with E-state index < -0.39 is 12.0 Å². The smallest absolute Gasteiger partial charge is 0.338 e. The quantitative estimate of drug-likeness (QED) is 0.155. The molecule has 0 saturated carbocycles. The van der Waals surface area contributed by atoms with E-state index in [9.17, 15) is 9.59 Å². The van der Waals surface area contributed by atoms with Crippen LogP contribution in [-0.4, -0.2) is 30.4 Å². The Hall–Kier alpha value is -3.47. The molecule has 47 heavy (non-hydrogen) atoms. The number of aromatic nitrogens is 1. The van der Waals surface area contributed by atoms with Crippen molar-refractivity contribution in [3.8, 4) is 17.2 Å². The Bertz CT molecular complexity index is 2050. The van der Waals surface area contributed by atoms with Gasteiger partial charge in [-0.25, -0.2) is 9.79 Å². The molecule has 13 heteroatoms. The maximum Gasteiger partial charge on any atom is 0.338 e. The summed E-state index contributed by atoms with van der Waals surface area (Å²) in [6, 6.07) is 12.9. The molecule has 1 aliphatic rings. The number of thiazole rings is 1. The van der Waals surface area contributed by atoms with Crippen LogP contribution in [0.5, 0.6) is 17.2 Å². The molecule has 0 unspecified atom stereocenters. The number of hydrogen-bond donors (Lipinski definition) is 0. The van der Waals surface area contributed by atoms with E-state index in [-0.39, 0.29) is 46.2 Å². The van der Waals surface area contributed by atoms with Crippen molar-refractivity contribution in [3.63, 3.8) is 0 Å². The summed E-state index contributed by atoms with van der Waals surface area (Å²) in [6.45, 7) is 7.54. The van der Waals surface area contributed by atoms with Crippen LogP contribution in [0.1, 0.15) is 50.4 Å². The lowest BCUT2D eigenvalue weighted by Gasteiger charge is -2.25. The first kappa shape index (κ1) is 34.9. The highest BCUT2D eigenvalue weighted by molar-refractivity contribution is 7.07.